The largest absolute Gasteiger partial charge is 0.0801 e. The highest BCUT2D eigenvalue weighted by Gasteiger charge is 2.35. The molecule has 3 aromatic rings. The van der Waals surface area contributed by atoms with E-state index in [0.717, 1.165) is 6.42 Å². The molecule has 1 aliphatic carbocycles. The smallest absolute Gasteiger partial charge is 0.00810 e. The Hall–Kier alpha value is -2.43. The Bertz CT molecular complexity index is 1490. The third kappa shape index (κ3) is 7.81. The fraction of sp³-hybridized carbons (Fsp3) is 0.532. The lowest BCUT2D eigenvalue weighted by molar-refractivity contribution is 0.811. The molecule has 0 aromatic heterocycles. The maximum absolute atomic E-state index is 2.60. The van der Waals surface area contributed by atoms with Gasteiger partial charge >= 0.3 is 0 Å². The lowest BCUT2D eigenvalue weighted by Gasteiger charge is -2.37. The van der Waals surface area contributed by atoms with Crippen molar-refractivity contribution in [1.29, 1.82) is 0 Å². The molecule has 0 nitrogen and oxygen atoms in total. The van der Waals surface area contributed by atoms with Gasteiger partial charge in [-0.25, -0.2) is 0 Å². The van der Waals surface area contributed by atoms with Crippen molar-refractivity contribution >= 4 is 29.4 Å². The Kier molecular flexibility index (Phi) is 12.5. The third-order valence-electron chi connectivity index (χ3n) is 10.4. The van der Waals surface area contributed by atoms with Gasteiger partial charge in [-0.3, -0.25) is 0 Å². The summed E-state index contributed by atoms with van der Waals surface area (Å²) >= 11 is 0. The van der Waals surface area contributed by atoms with E-state index in [2.05, 4.69) is 165 Å². The molecule has 0 aliphatic heterocycles. The first-order valence-corrected chi connectivity index (χ1v) is 20.5. The van der Waals surface area contributed by atoms with Crippen LogP contribution in [0.4, 0.5) is 0 Å². The average molecular weight is 663 g/mol. The summed E-state index contributed by atoms with van der Waals surface area (Å²) in [5.41, 5.74) is 15.2. The van der Waals surface area contributed by atoms with E-state index in [1.165, 1.54) is 22.3 Å². The Morgan fingerprint density at radius 3 is 0.917 bits per heavy atom. The molecule has 0 fully saturated rings. The van der Waals surface area contributed by atoms with Crippen molar-refractivity contribution in [2.75, 3.05) is 0 Å². The van der Waals surface area contributed by atoms with Crippen LogP contribution in [0.25, 0.3) is 5.57 Å². The summed E-state index contributed by atoms with van der Waals surface area (Å²) in [6.07, 6.45) is 7.91. The Morgan fingerprint density at radius 1 is 0.396 bits per heavy atom. The van der Waals surface area contributed by atoms with Crippen molar-refractivity contribution in [2.45, 2.75) is 165 Å². The van der Waals surface area contributed by atoms with Crippen molar-refractivity contribution in [1.82, 2.24) is 0 Å². The van der Waals surface area contributed by atoms with Gasteiger partial charge in [-0.05, 0) is 133 Å². The van der Waals surface area contributed by atoms with Crippen molar-refractivity contribution < 1.29 is 0 Å². The highest BCUT2D eigenvalue weighted by Crippen LogP contribution is 2.48. The molecule has 0 N–H and O–H groups in total. The molecule has 0 amide bonds. The number of rotatable bonds is 12. The molecule has 0 unspecified atom stereocenters. The van der Waals surface area contributed by atoms with E-state index < -0.39 is 7.92 Å². The SMILES string of the molecule is CC(C)c1cc(C(C)C)c(P(c2c(C(C)C)cc(C3=CC=CC3)cc2C(C)C)c2c(C(C)C)cc(C(C)C)cc2C(C)C)c(C(C)C)c1. The molecule has 0 heterocycles. The summed E-state index contributed by atoms with van der Waals surface area (Å²) in [5.74, 6) is 3.54. The minimum atomic E-state index is -0.888. The number of benzene rings is 3. The Balaban J connectivity index is 2.36. The normalized spacial score (nSPS) is 13.8. The van der Waals surface area contributed by atoms with Crippen LogP contribution in [0.15, 0.2) is 54.6 Å². The Morgan fingerprint density at radius 2 is 0.688 bits per heavy atom. The highest BCUT2D eigenvalue weighted by molar-refractivity contribution is 7.80. The van der Waals surface area contributed by atoms with Crippen LogP contribution in [0.1, 0.15) is 215 Å². The third-order valence-corrected chi connectivity index (χ3v) is 13.3. The van der Waals surface area contributed by atoms with Gasteiger partial charge < -0.3 is 0 Å². The highest BCUT2D eigenvalue weighted by atomic mass is 31.1. The summed E-state index contributed by atoms with van der Waals surface area (Å²) < 4.78 is 0. The second kappa shape index (κ2) is 15.6. The van der Waals surface area contributed by atoms with E-state index in [1.807, 2.05) is 0 Å². The zero-order chi connectivity index (χ0) is 35.8. The van der Waals surface area contributed by atoms with Crippen LogP contribution < -0.4 is 15.9 Å². The summed E-state index contributed by atoms with van der Waals surface area (Å²) in [5, 5.41) is 4.91. The van der Waals surface area contributed by atoms with E-state index in [0.29, 0.717) is 47.3 Å². The van der Waals surface area contributed by atoms with E-state index in [1.54, 1.807) is 49.3 Å². The second-order valence-corrected chi connectivity index (χ2v) is 19.0. The molecule has 1 heteroatoms. The van der Waals surface area contributed by atoms with Gasteiger partial charge in [-0.15, -0.1) is 0 Å². The van der Waals surface area contributed by atoms with Crippen LogP contribution in [0.3, 0.4) is 0 Å². The fourth-order valence-corrected chi connectivity index (χ4v) is 11.5. The standard InChI is InChI=1S/C47H67P/c1-27(2)36-21-39(29(5)6)45(40(22-36)30(7)8)48(46-41(31(9)10)23-37(28(3)4)24-42(46)32(11)12)47-43(33(13)14)25-38(26-44(47)34(15)16)35-19-17-18-20-35/h17-19,21-34H,20H2,1-16H3. The van der Waals surface area contributed by atoms with Crippen LogP contribution in [-0.2, 0) is 0 Å². The molecule has 1 aliphatic rings. The molecule has 0 spiro atoms. The van der Waals surface area contributed by atoms with Gasteiger partial charge in [0.05, 0.1) is 0 Å². The fourth-order valence-electron chi connectivity index (χ4n) is 7.35. The van der Waals surface area contributed by atoms with Gasteiger partial charge in [0.15, 0.2) is 0 Å². The van der Waals surface area contributed by atoms with Gasteiger partial charge in [0.25, 0.3) is 0 Å². The predicted molar refractivity (Wildman–Crippen MR) is 220 cm³/mol. The van der Waals surface area contributed by atoms with Gasteiger partial charge in [-0.1, -0.05) is 165 Å². The van der Waals surface area contributed by atoms with Gasteiger partial charge in [0.1, 0.15) is 0 Å². The number of hydrogen-bond donors (Lipinski definition) is 0. The van der Waals surface area contributed by atoms with Crippen LogP contribution in [-0.4, -0.2) is 0 Å². The zero-order valence-corrected chi connectivity index (χ0v) is 34.4. The first-order chi connectivity index (χ1) is 22.5. The monoisotopic (exact) mass is 662 g/mol. The van der Waals surface area contributed by atoms with Crippen molar-refractivity contribution in [3.63, 3.8) is 0 Å². The van der Waals surface area contributed by atoms with E-state index in [9.17, 15) is 0 Å². The maximum atomic E-state index is 2.60. The number of allylic oxidation sites excluding steroid dienone is 4. The van der Waals surface area contributed by atoms with E-state index >= 15 is 0 Å². The molecule has 3 aromatic carbocycles. The van der Waals surface area contributed by atoms with Gasteiger partial charge in [0, 0.05) is 0 Å². The van der Waals surface area contributed by atoms with Gasteiger partial charge in [0.2, 0.25) is 0 Å². The summed E-state index contributed by atoms with van der Waals surface area (Å²) in [4.78, 5) is 0. The topological polar surface area (TPSA) is 0 Å². The molecule has 0 saturated heterocycles. The molecular weight excluding hydrogens is 595 g/mol. The molecule has 0 atom stereocenters. The van der Waals surface area contributed by atoms with Crippen molar-refractivity contribution in [2.24, 2.45) is 0 Å². The van der Waals surface area contributed by atoms with Crippen LogP contribution in [0.5, 0.6) is 0 Å². The minimum Gasteiger partial charge on any atom is -0.0801 e. The van der Waals surface area contributed by atoms with Crippen molar-refractivity contribution in [3.8, 4) is 0 Å². The second-order valence-electron chi connectivity index (χ2n) is 17.0. The molecule has 4 rings (SSSR count). The Labute approximate surface area is 297 Å². The molecular formula is C47H67P. The molecule has 48 heavy (non-hydrogen) atoms. The summed E-state index contributed by atoms with van der Waals surface area (Å²) in [6.45, 7) is 38.7. The molecule has 0 radical (unpaired) electrons. The van der Waals surface area contributed by atoms with Gasteiger partial charge in [-0.2, -0.15) is 0 Å². The molecule has 0 bridgehead atoms. The van der Waals surface area contributed by atoms with E-state index in [4.69, 9.17) is 0 Å². The van der Waals surface area contributed by atoms with Crippen LogP contribution in [0, 0.1) is 0 Å². The lowest BCUT2D eigenvalue weighted by atomic mass is 9.89. The minimum absolute atomic E-state index is 0.414. The van der Waals surface area contributed by atoms with Crippen molar-refractivity contribution in [3.05, 3.63) is 105 Å². The first kappa shape index (κ1) is 38.4. The lowest BCUT2D eigenvalue weighted by Crippen LogP contribution is -2.35. The summed E-state index contributed by atoms with van der Waals surface area (Å²) in [7, 11) is -0.888. The predicted octanol–water partition coefficient (Wildman–Crippen LogP) is 13.8. The molecule has 260 valence electrons. The van der Waals surface area contributed by atoms with Crippen LogP contribution >= 0.6 is 7.92 Å². The number of hydrogen-bond acceptors (Lipinski definition) is 0. The zero-order valence-electron chi connectivity index (χ0n) is 33.5. The summed E-state index contributed by atoms with van der Waals surface area (Å²) in [6, 6.07) is 15.6. The maximum Gasteiger partial charge on any atom is -0.00810 e. The quantitative estimate of drug-likeness (QED) is 0.169. The van der Waals surface area contributed by atoms with E-state index in [-0.39, 0.29) is 0 Å². The molecule has 0 saturated carbocycles. The average Bonchev–Trinajstić information content (AvgIpc) is 3.55. The first-order valence-electron chi connectivity index (χ1n) is 19.1. The van der Waals surface area contributed by atoms with Crippen LogP contribution in [0.2, 0.25) is 0 Å².